The van der Waals surface area contributed by atoms with E-state index < -0.39 is 0 Å². The van der Waals surface area contributed by atoms with Gasteiger partial charge in [0.1, 0.15) is 0 Å². The van der Waals surface area contributed by atoms with Gasteiger partial charge in [-0.3, -0.25) is 0 Å². The van der Waals surface area contributed by atoms with Crippen molar-refractivity contribution in [1.29, 1.82) is 0 Å². The van der Waals surface area contributed by atoms with Crippen molar-refractivity contribution in [1.82, 2.24) is 0 Å². The summed E-state index contributed by atoms with van der Waals surface area (Å²) in [5.41, 5.74) is 11.1. The molecule has 0 saturated carbocycles. The molecule has 1 fully saturated rings. The highest BCUT2D eigenvalue weighted by Crippen LogP contribution is 2.63. The van der Waals surface area contributed by atoms with Crippen LogP contribution >= 0.6 is 7.92 Å². The van der Waals surface area contributed by atoms with E-state index in [1.807, 2.05) is 0 Å². The summed E-state index contributed by atoms with van der Waals surface area (Å²) in [5, 5.41) is 1.43. The zero-order valence-electron chi connectivity index (χ0n) is 9.01. The molecule has 0 aromatic carbocycles. The molecule has 2 aliphatic rings. The number of hydrogen-bond donors (Lipinski definition) is 0. The number of rotatable bonds is 3. The van der Waals surface area contributed by atoms with Crippen molar-refractivity contribution in [2.75, 3.05) is 0 Å². The summed E-state index contributed by atoms with van der Waals surface area (Å²) in [7, 11) is 0.0517. The highest BCUT2D eigenvalue weighted by atomic mass is 31.1. The summed E-state index contributed by atoms with van der Waals surface area (Å²) in [6.07, 6.45) is 7.64. The summed E-state index contributed by atoms with van der Waals surface area (Å²) in [6.45, 7) is 4.66. The first-order chi connectivity index (χ1) is 6.86. The highest BCUT2D eigenvalue weighted by molar-refractivity contribution is 7.64. The van der Waals surface area contributed by atoms with E-state index in [1.54, 1.807) is 0 Å². The molecule has 1 aliphatic carbocycles. The Kier molecular flexibility index (Phi) is 3.12. The van der Waals surface area contributed by atoms with Gasteiger partial charge in [0.15, 0.2) is 0 Å². The van der Waals surface area contributed by atoms with Crippen LogP contribution in [0.2, 0.25) is 0 Å². The lowest BCUT2D eigenvalue weighted by atomic mass is 10.1. The first-order valence-corrected chi connectivity index (χ1v) is 7.09. The standard InChI is InChI=1S/C13H17P/c1-3-11-9-10-12(4-2)14(11)13-7-5-6-8-13/h7,11-12H,3-4,9-10H2,1-2H3/t11-,12-/m1/s1. The fourth-order valence-corrected chi connectivity index (χ4v) is 5.96. The van der Waals surface area contributed by atoms with Gasteiger partial charge in [-0.25, -0.2) is 0 Å². The summed E-state index contributed by atoms with van der Waals surface area (Å²) >= 11 is 0. The van der Waals surface area contributed by atoms with E-state index in [9.17, 15) is 0 Å². The molecule has 74 valence electrons. The molecule has 0 unspecified atom stereocenters. The molecule has 0 aromatic heterocycles. The van der Waals surface area contributed by atoms with E-state index in [2.05, 4.69) is 37.1 Å². The highest BCUT2D eigenvalue weighted by Gasteiger charge is 2.35. The molecule has 0 nitrogen and oxygen atoms in total. The van der Waals surface area contributed by atoms with E-state index >= 15 is 0 Å². The summed E-state index contributed by atoms with van der Waals surface area (Å²) in [4.78, 5) is 0. The molecule has 0 aromatic rings. The minimum Gasteiger partial charge on any atom is -0.0648 e. The van der Waals surface area contributed by atoms with Crippen molar-refractivity contribution in [3.63, 3.8) is 0 Å². The van der Waals surface area contributed by atoms with Crippen LogP contribution in [0.4, 0.5) is 0 Å². The van der Waals surface area contributed by atoms with Gasteiger partial charge in [0, 0.05) is 11.4 Å². The Balaban J connectivity index is 2.20. The minimum atomic E-state index is 0.0517. The summed E-state index contributed by atoms with van der Waals surface area (Å²) in [5.74, 6) is 0. The third-order valence-corrected chi connectivity index (χ3v) is 6.93. The van der Waals surface area contributed by atoms with Gasteiger partial charge in [-0.15, -0.1) is 0 Å². The van der Waals surface area contributed by atoms with Crippen molar-refractivity contribution >= 4 is 7.92 Å². The molecular formula is C13H17P. The Morgan fingerprint density at radius 1 is 1.29 bits per heavy atom. The van der Waals surface area contributed by atoms with Gasteiger partial charge in [-0.1, -0.05) is 33.2 Å². The van der Waals surface area contributed by atoms with E-state index in [4.69, 9.17) is 0 Å². The Bertz CT molecular complexity index is 335. The van der Waals surface area contributed by atoms with Crippen LogP contribution in [0.1, 0.15) is 39.5 Å². The first kappa shape index (κ1) is 10.0. The van der Waals surface area contributed by atoms with Crippen molar-refractivity contribution in [2.24, 2.45) is 0 Å². The Morgan fingerprint density at radius 2 is 1.93 bits per heavy atom. The van der Waals surface area contributed by atoms with E-state index in [-0.39, 0.29) is 7.92 Å². The van der Waals surface area contributed by atoms with Crippen LogP contribution in [0.5, 0.6) is 0 Å². The second kappa shape index (κ2) is 4.35. The Hall–Kier alpha value is -0.490. The quantitative estimate of drug-likeness (QED) is 0.478. The van der Waals surface area contributed by atoms with Gasteiger partial charge in [0.2, 0.25) is 0 Å². The molecule has 0 amide bonds. The second-order valence-electron chi connectivity index (χ2n) is 4.03. The largest absolute Gasteiger partial charge is 0.0648 e. The Labute approximate surface area is 87.8 Å². The fourth-order valence-electron chi connectivity index (χ4n) is 2.54. The predicted molar refractivity (Wildman–Crippen MR) is 62.9 cm³/mol. The molecule has 1 heterocycles. The molecule has 0 spiro atoms. The van der Waals surface area contributed by atoms with Crippen LogP contribution in [0.15, 0.2) is 28.6 Å². The SMILES string of the molecule is CC[C@@H]1CC[C@@H](CC)P1C1=C=C=C=C1. The monoisotopic (exact) mass is 204 g/mol. The molecule has 0 bridgehead atoms. The van der Waals surface area contributed by atoms with Crippen molar-refractivity contribution < 1.29 is 0 Å². The molecule has 1 heteroatoms. The number of hydrogen-bond acceptors (Lipinski definition) is 0. The zero-order chi connectivity index (χ0) is 9.97. The lowest BCUT2D eigenvalue weighted by molar-refractivity contribution is 0.696. The predicted octanol–water partition coefficient (Wildman–Crippen LogP) is 4.18. The van der Waals surface area contributed by atoms with Crippen molar-refractivity contribution in [3.05, 3.63) is 28.6 Å². The summed E-state index contributed by atoms with van der Waals surface area (Å²) in [6, 6.07) is 0. The maximum absolute atomic E-state index is 3.26. The van der Waals surface area contributed by atoms with Crippen LogP contribution < -0.4 is 0 Å². The molecule has 2 rings (SSSR count). The van der Waals surface area contributed by atoms with E-state index in [0.29, 0.717) is 0 Å². The maximum atomic E-state index is 3.26. The van der Waals surface area contributed by atoms with Crippen molar-refractivity contribution in [2.45, 2.75) is 50.8 Å². The third kappa shape index (κ3) is 1.68. The summed E-state index contributed by atoms with van der Waals surface area (Å²) < 4.78 is 0. The van der Waals surface area contributed by atoms with Gasteiger partial charge in [0.25, 0.3) is 0 Å². The molecular weight excluding hydrogens is 187 g/mol. The molecule has 0 N–H and O–H groups in total. The lowest BCUT2D eigenvalue weighted by Gasteiger charge is -2.23. The number of allylic oxidation sites excluding steroid dienone is 2. The van der Waals surface area contributed by atoms with Gasteiger partial charge in [0.05, 0.1) is 0 Å². The van der Waals surface area contributed by atoms with Gasteiger partial charge in [-0.05, 0) is 42.7 Å². The maximum Gasteiger partial charge on any atom is 0.0353 e. The van der Waals surface area contributed by atoms with E-state index in [1.165, 1.54) is 31.0 Å². The fraction of sp³-hybridized carbons (Fsp3) is 0.615. The van der Waals surface area contributed by atoms with Crippen LogP contribution in [-0.2, 0) is 0 Å². The molecule has 0 radical (unpaired) electrons. The van der Waals surface area contributed by atoms with Gasteiger partial charge in [-0.2, -0.15) is 0 Å². The molecule has 2 atom stereocenters. The van der Waals surface area contributed by atoms with Crippen LogP contribution in [0.25, 0.3) is 0 Å². The normalized spacial score (nSPS) is 30.3. The van der Waals surface area contributed by atoms with Gasteiger partial charge >= 0.3 is 0 Å². The van der Waals surface area contributed by atoms with E-state index in [0.717, 1.165) is 11.3 Å². The third-order valence-electron chi connectivity index (χ3n) is 3.31. The second-order valence-corrected chi connectivity index (χ2v) is 6.79. The average molecular weight is 204 g/mol. The van der Waals surface area contributed by atoms with Crippen LogP contribution in [0, 0.1) is 0 Å². The topological polar surface area (TPSA) is 0 Å². The smallest absolute Gasteiger partial charge is 0.0353 e. The zero-order valence-corrected chi connectivity index (χ0v) is 9.90. The van der Waals surface area contributed by atoms with Crippen LogP contribution in [-0.4, -0.2) is 11.3 Å². The molecule has 1 aliphatic heterocycles. The average Bonchev–Trinajstić information content (AvgIpc) is 2.85. The minimum absolute atomic E-state index is 0.0517. The Morgan fingerprint density at radius 3 is 2.36 bits per heavy atom. The van der Waals surface area contributed by atoms with Gasteiger partial charge < -0.3 is 0 Å². The molecule has 1 saturated heterocycles. The lowest BCUT2D eigenvalue weighted by Crippen LogP contribution is -2.02. The molecule has 14 heavy (non-hydrogen) atoms. The first-order valence-electron chi connectivity index (χ1n) is 5.61. The van der Waals surface area contributed by atoms with Crippen LogP contribution in [0.3, 0.4) is 0 Å². The van der Waals surface area contributed by atoms with Crippen molar-refractivity contribution in [3.8, 4) is 0 Å².